The van der Waals surface area contributed by atoms with E-state index in [9.17, 15) is 0 Å². The molecule has 0 spiro atoms. The molecule has 2 nitrogen and oxygen atoms in total. The van der Waals surface area contributed by atoms with E-state index in [-0.39, 0.29) is 0 Å². The predicted molar refractivity (Wildman–Crippen MR) is 60.1 cm³/mol. The van der Waals surface area contributed by atoms with Gasteiger partial charge in [0, 0.05) is 18.4 Å². The van der Waals surface area contributed by atoms with Gasteiger partial charge in [0.15, 0.2) is 0 Å². The molecule has 14 heavy (non-hydrogen) atoms. The number of unbranched alkanes of at least 4 members (excludes halogenated alkanes) is 1. The van der Waals surface area contributed by atoms with Gasteiger partial charge in [-0.3, -0.25) is 4.98 Å². The van der Waals surface area contributed by atoms with Crippen LogP contribution in [-0.4, -0.2) is 12.0 Å². The fourth-order valence-corrected chi connectivity index (χ4v) is 1.53. The van der Waals surface area contributed by atoms with Crippen molar-refractivity contribution in [3.05, 3.63) is 42.7 Å². The lowest BCUT2D eigenvalue weighted by Crippen LogP contribution is -2.16. The summed E-state index contributed by atoms with van der Waals surface area (Å²) in [6.45, 7) is 3.72. The van der Waals surface area contributed by atoms with Gasteiger partial charge < -0.3 is 5.32 Å². The Balaban J connectivity index is 2.50. The van der Waals surface area contributed by atoms with E-state index in [1.165, 1.54) is 12.0 Å². The second kappa shape index (κ2) is 6.33. The average Bonchev–Trinajstić information content (AvgIpc) is 2.26. The van der Waals surface area contributed by atoms with E-state index in [1.807, 2.05) is 25.4 Å². The molecule has 0 aromatic carbocycles. The number of allylic oxidation sites excluding steroid dienone is 1. The summed E-state index contributed by atoms with van der Waals surface area (Å²) in [5, 5.41) is 3.30. The second-order valence-electron chi connectivity index (χ2n) is 3.35. The van der Waals surface area contributed by atoms with Gasteiger partial charge in [0.05, 0.1) is 0 Å². The molecule has 1 heterocycles. The second-order valence-corrected chi connectivity index (χ2v) is 3.35. The predicted octanol–water partition coefficient (Wildman–Crippen LogP) is 2.70. The van der Waals surface area contributed by atoms with Crippen LogP contribution in [0.4, 0.5) is 0 Å². The highest BCUT2D eigenvalue weighted by atomic mass is 14.9. The summed E-state index contributed by atoms with van der Waals surface area (Å²) in [6.07, 6.45) is 9.08. The first-order valence-electron chi connectivity index (χ1n) is 5.06. The van der Waals surface area contributed by atoms with Gasteiger partial charge in [-0.1, -0.05) is 12.1 Å². The van der Waals surface area contributed by atoms with E-state index < -0.39 is 0 Å². The highest BCUT2D eigenvalue weighted by Crippen LogP contribution is 2.17. The van der Waals surface area contributed by atoms with E-state index >= 15 is 0 Å². The molecule has 1 rings (SSSR count). The average molecular weight is 190 g/mol. The molecule has 0 radical (unpaired) electrons. The number of pyridine rings is 1. The summed E-state index contributed by atoms with van der Waals surface area (Å²) < 4.78 is 0. The third kappa shape index (κ3) is 3.30. The summed E-state index contributed by atoms with van der Waals surface area (Å²) >= 11 is 0. The van der Waals surface area contributed by atoms with Crippen LogP contribution in [0.2, 0.25) is 0 Å². The summed E-state index contributed by atoms with van der Waals surface area (Å²) in [5.74, 6) is 0. The van der Waals surface area contributed by atoms with E-state index in [0.717, 1.165) is 12.8 Å². The maximum absolute atomic E-state index is 4.12. The number of nitrogens with one attached hydrogen (secondary N) is 1. The normalized spacial score (nSPS) is 12.4. The molecule has 1 aromatic rings. The van der Waals surface area contributed by atoms with Crippen LogP contribution in [0.5, 0.6) is 0 Å². The Bertz CT molecular complexity index is 256. The molecule has 1 aromatic heterocycles. The molecule has 1 N–H and O–H groups in total. The minimum Gasteiger partial charge on any atom is -0.313 e. The highest BCUT2D eigenvalue weighted by molar-refractivity contribution is 5.13. The maximum atomic E-state index is 4.12. The molecule has 0 saturated heterocycles. The summed E-state index contributed by atoms with van der Waals surface area (Å²) in [5.41, 5.74) is 1.26. The molecular weight excluding hydrogens is 172 g/mol. The van der Waals surface area contributed by atoms with Gasteiger partial charge in [-0.05, 0) is 37.9 Å². The number of nitrogens with zero attached hydrogens (tertiary/aromatic N) is 1. The van der Waals surface area contributed by atoms with Gasteiger partial charge >= 0.3 is 0 Å². The van der Waals surface area contributed by atoms with Gasteiger partial charge in [-0.15, -0.1) is 6.58 Å². The fraction of sp³-hybridized carbons (Fsp3) is 0.417. The molecule has 0 amide bonds. The van der Waals surface area contributed by atoms with Gasteiger partial charge in [-0.25, -0.2) is 0 Å². The summed E-state index contributed by atoms with van der Waals surface area (Å²) in [4.78, 5) is 4.12. The van der Waals surface area contributed by atoms with Gasteiger partial charge in [0.2, 0.25) is 0 Å². The Morgan fingerprint density at radius 2 is 2.50 bits per heavy atom. The van der Waals surface area contributed by atoms with Crippen LogP contribution in [0.1, 0.15) is 30.9 Å². The van der Waals surface area contributed by atoms with Crippen LogP contribution < -0.4 is 5.32 Å². The highest BCUT2D eigenvalue weighted by Gasteiger charge is 2.07. The maximum Gasteiger partial charge on any atom is 0.0332 e. The molecule has 1 unspecified atom stereocenters. The van der Waals surface area contributed by atoms with Crippen LogP contribution in [0.3, 0.4) is 0 Å². The van der Waals surface area contributed by atoms with Crippen molar-refractivity contribution in [2.75, 3.05) is 7.05 Å². The third-order valence-corrected chi connectivity index (χ3v) is 2.34. The van der Waals surface area contributed by atoms with E-state index in [4.69, 9.17) is 0 Å². The molecule has 0 aliphatic heterocycles. The van der Waals surface area contributed by atoms with Gasteiger partial charge in [0.1, 0.15) is 0 Å². The van der Waals surface area contributed by atoms with Gasteiger partial charge in [-0.2, -0.15) is 0 Å². The van der Waals surface area contributed by atoms with Crippen LogP contribution in [-0.2, 0) is 0 Å². The van der Waals surface area contributed by atoms with Crippen LogP contribution >= 0.6 is 0 Å². The molecular formula is C12H18N2. The molecule has 2 heteroatoms. The number of hydrogen-bond donors (Lipinski definition) is 1. The van der Waals surface area contributed by atoms with Crippen LogP contribution in [0, 0.1) is 0 Å². The Morgan fingerprint density at radius 3 is 3.07 bits per heavy atom. The zero-order valence-electron chi connectivity index (χ0n) is 8.74. The SMILES string of the molecule is C=CCCCC(NC)c1cccnc1. The number of hydrogen-bond acceptors (Lipinski definition) is 2. The third-order valence-electron chi connectivity index (χ3n) is 2.34. The molecule has 0 aliphatic rings. The molecule has 0 fully saturated rings. The van der Waals surface area contributed by atoms with E-state index in [0.29, 0.717) is 6.04 Å². The van der Waals surface area contributed by atoms with Crippen molar-refractivity contribution >= 4 is 0 Å². The summed E-state index contributed by atoms with van der Waals surface area (Å²) in [7, 11) is 1.99. The zero-order chi connectivity index (χ0) is 10.2. The smallest absolute Gasteiger partial charge is 0.0332 e. The first-order valence-corrected chi connectivity index (χ1v) is 5.06. The molecule has 0 aliphatic carbocycles. The number of rotatable bonds is 6. The topological polar surface area (TPSA) is 24.9 Å². The minimum absolute atomic E-state index is 0.420. The summed E-state index contributed by atoms with van der Waals surface area (Å²) in [6, 6.07) is 4.51. The Kier molecular flexibility index (Phi) is 4.94. The first-order chi connectivity index (χ1) is 6.88. The van der Waals surface area contributed by atoms with Crippen molar-refractivity contribution in [1.82, 2.24) is 10.3 Å². The lowest BCUT2D eigenvalue weighted by Gasteiger charge is -2.15. The number of aromatic nitrogens is 1. The molecule has 0 saturated carbocycles. The fourth-order valence-electron chi connectivity index (χ4n) is 1.53. The minimum atomic E-state index is 0.420. The molecule has 0 bridgehead atoms. The standard InChI is InChI=1S/C12H18N2/c1-3-4-5-8-12(13-2)11-7-6-9-14-10-11/h3,6-7,9-10,12-13H,1,4-5,8H2,2H3. The quantitative estimate of drug-likeness (QED) is 0.551. The van der Waals surface area contributed by atoms with Crippen molar-refractivity contribution in [3.63, 3.8) is 0 Å². The Hall–Kier alpha value is -1.15. The van der Waals surface area contributed by atoms with E-state index in [1.54, 1.807) is 6.20 Å². The van der Waals surface area contributed by atoms with Crippen molar-refractivity contribution in [2.45, 2.75) is 25.3 Å². The Labute approximate surface area is 86.1 Å². The monoisotopic (exact) mass is 190 g/mol. The molecule has 1 atom stereocenters. The van der Waals surface area contributed by atoms with Crippen LogP contribution in [0.25, 0.3) is 0 Å². The van der Waals surface area contributed by atoms with Crippen LogP contribution in [0.15, 0.2) is 37.2 Å². The van der Waals surface area contributed by atoms with Gasteiger partial charge in [0.25, 0.3) is 0 Å². The van der Waals surface area contributed by atoms with Crippen molar-refractivity contribution in [3.8, 4) is 0 Å². The van der Waals surface area contributed by atoms with Crippen molar-refractivity contribution in [2.24, 2.45) is 0 Å². The zero-order valence-corrected chi connectivity index (χ0v) is 8.74. The van der Waals surface area contributed by atoms with Crippen molar-refractivity contribution in [1.29, 1.82) is 0 Å². The lowest BCUT2D eigenvalue weighted by molar-refractivity contribution is 0.528. The van der Waals surface area contributed by atoms with E-state index in [2.05, 4.69) is 22.9 Å². The Morgan fingerprint density at radius 1 is 1.64 bits per heavy atom. The lowest BCUT2D eigenvalue weighted by atomic mass is 10.0. The largest absolute Gasteiger partial charge is 0.313 e. The first kappa shape index (κ1) is 10.9. The van der Waals surface area contributed by atoms with Crippen molar-refractivity contribution < 1.29 is 0 Å². The molecule has 76 valence electrons.